The van der Waals surface area contributed by atoms with Crippen molar-refractivity contribution in [1.82, 2.24) is 5.32 Å². The first-order valence-corrected chi connectivity index (χ1v) is 7.89. The molecule has 1 heterocycles. The molecular weight excluding hydrogens is 324 g/mol. The lowest BCUT2D eigenvalue weighted by Crippen LogP contribution is -2.36. The number of aliphatic hydroxyl groups is 1. The Morgan fingerprint density at radius 2 is 1.95 bits per heavy atom. The van der Waals surface area contributed by atoms with E-state index in [0.29, 0.717) is 17.1 Å². The van der Waals surface area contributed by atoms with Gasteiger partial charge in [-0.15, -0.1) is 11.3 Å². The first kappa shape index (κ1) is 16.5. The van der Waals surface area contributed by atoms with E-state index in [4.69, 9.17) is 11.6 Å². The zero-order valence-electron chi connectivity index (χ0n) is 11.6. The van der Waals surface area contributed by atoms with E-state index in [2.05, 4.69) is 10.6 Å². The summed E-state index contributed by atoms with van der Waals surface area (Å²) < 4.78 is 0. The molecule has 0 fully saturated rings. The molecule has 0 radical (unpaired) electrons. The van der Waals surface area contributed by atoms with Gasteiger partial charge in [0, 0.05) is 11.4 Å². The van der Waals surface area contributed by atoms with Gasteiger partial charge in [-0.1, -0.05) is 29.8 Å². The van der Waals surface area contributed by atoms with Crippen molar-refractivity contribution < 1.29 is 14.7 Å². The summed E-state index contributed by atoms with van der Waals surface area (Å²) in [4.78, 5) is 24.2. The molecule has 2 amide bonds. The Morgan fingerprint density at radius 1 is 1.18 bits per heavy atom. The Hall–Kier alpha value is -1.89. The molecule has 1 unspecified atom stereocenters. The highest BCUT2D eigenvalue weighted by Gasteiger charge is 2.15. The number of hydrogen-bond donors (Lipinski definition) is 3. The minimum Gasteiger partial charge on any atom is -0.388 e. The van der Waals surface area contributed by atoms with Crippen LogP contribution in [-0.2, 0) is 9.59 Å². The number of aliphatic hydroxyl groups excluding tert-OH is 1. The van der Waals surface area contributed by atoms with Crippen molar-refractivity contribution in [2.45, 2.75) is 12.5 Å². The number of rotatable bonds is 5. The molecule has 0 aliphatic heterocycles. The molecule has 1 atom stereocenters. The van der Waals surface area contributed by atoms with Crippen LogP contribution in [0.4, 0.5) is 5.69 Å². The average molecular weight is 339 g/mol. The maximum atomic E-state index is 11.7. The van der Waals surface area contributed by atoms with Gasteiger partial charge >= 0.3 is 11.8 Å². The van der Waals surface area contributed by atoms with Gasteiger partial charge in [-0.2, -0.15) is 0 Å². The van der Waals surface area contributed by atoms with Crippen LogP contribution in [0.1, 0.15) is 17.4 Å². The zero-order chi connectivity index (χ0) is 15.9. The number of carbonyl (C=O) groups excluding carboxylic acids is 2. The number of para-hydroxylation sites is 1. The molecule has 3 N–H and O–H groups in total. The molecule has 116 valence electrons. The summed E-state index contributed by atoms with van der Waals surface area (Å²) in [5.41, 5.74) is 0.378. The monoisotopic (exact) mass is 338 g/mol. The molecule has 7 heteroatoms. The van der Waals surface area contributed by atoms with Crippen LogP contribution in [0.5, 0.6) is 0 Å². The second-order valence-corrected chi connectivity index (χ2v) is 5.90. The molecule has 0 spiro atoms. The van der Waals surface area contributed by atoms with Crippen molar-refractivity contribution in [3.8, 4) is 0 Å². The summed E-state index contributed by atoms with van der Waals surface area (Å²) in [6.07, 6.45) is -0.307. The highest BCUT2D eigenvalue weighted by Crippen LogP contribution is 2.21. The maximum absolute atomic E-state index is 11.7. The van der Waals surface area contributed by atoms with E-state index < -0.39 is 17.9 Å². The van der Waals surface area contributed by atoms with E-state index in [9.17, 15) is 14.7 Å². The SMILES string of the molecule is O=C(NCCC(O)c1cccs1)C(=O)Nc1ccccc1Cl. The number of amides is 2. The maximum Gasteiger partial charge on any atom is 0.313 e. The van der Waals surface area contributed by atoms with Crippen molar-refractivity contribution in [2.24, 2.45) is 0 Å². The number of carbonyl (C=O) groups is 2. The van der Waals surface area contributed by atoms with E-state index in [-0.39, 0.29) is 6.54 Å². The topological polar surface area (TPSA) is 78.4 Å². The number of halogens is 1. The quantitative estimate of drug-likeness (QED) is 0.733. The summed E-state index contributed by atoms with van der Waals surface area (Å²) in [5.74, 6) is -1.56. The van der Waals surface area contributed by atoms with E-state index in [1.165, 1.54) is 11.3 Å². The summed E-state index contributed by atoms with van der Waals surface area (Å²) in [6, 6.07) is 10.3. The molecule has 1 aromatic heterocycles. The van der Waals surface area contributed by atoms with Crippen LogP contribution in [0.15, 0.2) is 41.8 Å². The van der Waals surface area contributed by atoms with Gasteiger partial charge in [-0.25, -0.2) is 0 Å². The predicted octanol–water partition coefficient (Wildman–Crippen LogP) is 2.58. The van der Waals surface area contributed by atoms with Crippen molar-refractivity contribution in [1.29, 1.82) is 0 Å². The molecule has 2 rings (SSSR count). The molecule has 5 nitrogen and oxygen atoms in total. The third-order valence-corrected chi connectivity index (χ3v) is 4.21. The third-order valence-electron chi connectivity index (χ3n) is 2.90. The van der Waals surface area contributed by atoms with Gasteiger partial charge in [0.25, 0.3) is 0 Å². The fourth-order valence-corrected chi connectivity index (χ4v) is 2.70. The molecular formula is C15H15ClN2O3S. The highest BCUT2D eigenvalue weighted by atomic mass is 35.5. The molecule has 0 saturated carbocycles. The standard InChI is InChI=1S/C15H15ClN2O3S/c16-10-4-1-2-5-11(10)18-15(21)14(20)17-8-7-12(19)13-6-3-9-22-13/h1-6,9,12,19H,7-8H2,(H,17,20)(H,18,21). The van der Waals surface area contributed by atoms with E-state index in [1.807, 2.05) is 17.5 Å². The minimum absolute atomic E-state index is 0.202. The highest BCUT2D eigenvalue weighted by molar-refractivity contribution is 7.10. The van der Waals surface area contributed by atoms with E-state index >= 15 is 0 Å². The first-order chi connectivity index (χ1) is 10.6. The van der Waals surface area contributed by atoms with Crippen LogP contribution in [0.3, 0.4) is 0 Å². The lowest BCUT2D eigenvalue weighted by Gasteiger charge is -2.10. The van der Waals surface area contributed by atoms with Gasteiger partial charge in [0.2, 0.25) is 0 Å². The zero-order valence-corrected chi connectivity index (χ0v) is 13.2. The van der Waals surface area contributed by atoms with Crippen LogP contribution < -0.4 is 10.6 Å². The number of nitrogens with one attached hydrogen (secondary N) is 2. The summed E-state index contributed by atoms with van der Waals surface area (Å²) >= 11 is 7.34. The number of thiophene rings is 1. The Bertz CT molecular complexity index is 646. The number of hydrogen-bond acceptors (Lipinski definition) is 4. The fraction of sp³-hybridized carbons (Fsp3) is 0.200. The largest absolute Gasteiger partial charge is 0.388 e. The lowest BCUT2D eigenvalue weighted by molar-refractivity contribution is -0.136. The Kier molecular flexibility index (Phi) is 5.94. The first-order valence-electron chi connectivity index (χ1n) is 6.63. The number of benzene rings is 1. The van der Waals surface area contributed by atoms with Crippen molar-refractivity contribution in [3.63, 3.8) is 0 Å². The van der Waals surface area contributed by atoms with Crippen LogP contribution in [0, 0.1) is 0 Å². The van der Waals surface area contributed by atoms with Gasteiger partial charge < -0.3 is 15.7 Å². The van der Waals surface area contributed by atoms with E-state index in [0.717, 1.165) is 4.88 Å². The molecule has 22 heavy (non-hydrogen) atoms. The van der Waals surface area contributed by atoms with Crippen LogP contribution in [0.2, 0.25) is 5.02 Å². The normalized spacial score (nSPS) is 11.7. The lowest BCUT2D eigenvalue weighted by atomic mass is 10.2. The van der Waals surface area contributed by atoms with Gasteiger partial charge in [0.1, 0.15) is 0 Å². The summed E-state index contributed by atoms with van der Waals surface area (Å²) in [7, 11) is 0. The Balaban J connectivity index is 1.77. The Morgan fingerprint density at radius 3 is 2.64 bits per heavy atom. The van der Waals surface area contributed by atoms with Gasteiger partial charge in [-0.3, -0.25) is 9.59 Å². The summed E-state index contributed by atoms with van der Waals surface area (Å²) in [6.45, 7) is 0.202. The average Bonchev–Trinajstić information content (AvgIpc) is 3.03. The Labute approximate surface area is 136 Å². The minimum atomic E-state index is -0.793. The second kappa shape index (κ2) is 7.93. The molecule has 2 aromatic rings. The van der Waals surface area contributed by atoms with Gasteiger partial charge in [-0.05, 0) is 30.0 Å². The smallest absolute Gasteiger partial charge is 0.313 e. The molecule has 0 aliphatic carbocycles. The van der Waals surface area contributed by atoms with Crippen LogP contribution in [0.25, 0.3) is 0 Å². The molecule has 0 bridgehead atoms. The van der Waals surface area contributed by atoms with E-state index in [1.54, 1.807) is 24.3 Å². The molecule has 1 aromatic carbocycles. The fourth-order valence-electron chi connectivity index (χ4n) is 1.77. The third kappa shape index (κ3) is 4.56. The number of anilines is 1. The molecule has 0 aliphatic rings. The van der Waals surface area contributed by atoms with Gasteiger partial charge in [0.05, 0.1) is 16.8 Å². The molecule has 0 saturated heterocycles. The van der Waals surface area contributed by atoms with Gasteiger partial charge in [0.15, 0.2) is 0 Å². The van der Waals surface area contributed by atoms with Crippen molar-refractivity contribution in [2.75, 3.05) is 11.9 Å². The second-order valence-electron chi connectivity index (χ2n) is 4.51. The van der Waals surface area contributed by atoms with Crippen molar-refractivity contribution in [3.05, 3.63) is 51.7 Å². The predicted molar refractivity (Wildman–Crippen MR) is 87.0 cm³/mol. The van der Waals surface area contributed by atoms with Crippen molar-refractivity contribution >= 4 is 40.4 Å². The van der Waals surface area contributed by atoms with Crippen LogP contribution >= 0.6 is 22.9 Å². The summed E-state index contributed by atoms with van der Waals surface area (Å²) in [5, 5.41) is 17.0. The van der Waals surface area contributed by atoms with Crippen LogP contribution in [-0.4, -0.2) is 23.5 Å².